The van der Waals surface area contributed by atoms with E-state index in [1.807, 2.05) is 0 Å². The van der Waals surface area contributed by atoms with Gasteiger partial charge in [0.25, 0.3) is 0 Å². The fraction of sp³-hybridized carbons (Fsp3) is 0.235. The standard InChI is InChI=1S/C17H21N3O3S/c1-5-18-19-13(2)11-20(12-24)16(8-9-21)15-7-6-14(22-3)10-17(15)23-4/h5-10,12,19H,2,11H2,1,3-4H3/b16-8-,18-5-. The van der Waals surface area contributed by atoms with Crippen LogP contribution < -0.4 is 14.9 Å². The summed E-state index contributed by atoms with van der Waals surface area (Å²) in [5, 5.41) is 3.91. The van der Waals surface area contributed by atoms with Crippen LogP contribution in [-0.4, -0.2) is 43.7 Å². The van der Waals surface area contributed by atoms with Crippen LogP contribution in [0.5, 0.6) is 11.5 Å². The summed E-state index contributed by atoms with van der Waals surface area (Å²) in [5.41, 5.74) is 6.15. The second kappa shape index (κ2) is 10.2. The van der Waals surface area contributed by atoms with Crippen molar-refractivity contribution in [1.29, 1.82) is 0 Å². The predicted molar refractivity (Wildman–Crippen MR) is 100 cm³/mol. The van der Waals surface area contributed by atoms with Gasteiger partial charge in [-0.2, -0.15) is 5.10 Å². The van der Waals surface area contributed by atoms with Crippen LogP contribution in [0.4, 0.5) is 0 Å². The molecule has 24 heavy (non-hydrogen) atoms. The summed E-state index contributed by atoms with van der Waals surface area (Å²) in [6.45, 7) is 6.02. The van der Waals surface area contributed by atoms with Gasteiger partial charge in [-0.1, -0.05) is 18.8 Å². The third-order valence-electron chi connectivity index (χ3n) is 3.06. The molecule has 128 valence electrons. The van der Waals surface area contributed by atoms with Crippen molar-refractivity contribution in [3.8, 4) is 11.5 Å². The van der Waals surface area contributed by atoms with Crippen LogP contribution in [0, 0.1) is 0 Å². The Bertz CT molecular complexity index is 656. The molecule has 0 heterocycles. The molecule has 0 spiro atoms. The van der Waals surface area contributed by atoms with Gasteiger partial charge in [0.15, 0.2) is 0 Å². The van der Waals surface area contributed by atoms with Gasteiger partial charge in [0.1, 0.15) is 17.8 Å². The van der Waals surface area contributed by atoms with E-state index in [0.29, 0.717) is 41.3 Å². The van der Waals surface area contributed by atoms with Crippen molar-refractivity contribution >= 4 is 35.9 Å². The van der Waals surface area contributed by atoms with E-state index < -0.39 is 0 Å². The number of aldehydes is 1. The predicted octanol–water partition coefficient (Wildman–Crippen LogP) is 2.61. The number of methoxy groups -OCH3 is 2. The Kier molecular flexibility index (Phi) is 8.21. The Balaban J connectivity index is 3.21. The number of rotatable bonds is 10. The fourth-order valence-electron chi connectivity index (χ4n) is 1.99. The molecule has 1 aromatic rings. The van der Waals surface area contributed by atoms with Crippen molar-refractivity contribution in [3.05, 3.63) is 42.1 Å². The lowest BCUT2D eigenvalue weighted by Crippen LogP contribution is -2.26. The molecule has 0 radical (unpaired) electrons. The molecule has 0 aliphatic heterocycles. The zero-order valence-corrected chi connectivity index (χ0v) is 14.8. The molecule has 0 aliphatic rings. The first-order valence-corrected chi connectivity index (χ1v) is 7.59. The lowest BCUT2D eigenvalue weighted by atomic mass is 10.1. The number of hydrazone groups is 1. The van der Waals surface area contributed by atoms with Crippen molar-refractivity contribution < 1.29 is 14.3 Å². The molecule has 0 saturated carbocycles. The number of nitrogens with zero attached hydrogens (tertiary/aromatic N) is 2. The Hall–Kier alpha value is -2.67. The van der Waals surface area contributed by atoms with Gasteiger partial charge in [0, 0.05) is 29.6 Å². The smallest absolute Gasteiger partial charge is 0.144 e. The van der Waals surface area contributed by atoms with E-state index in [1.165, 1.54) is 11.6 Å². The first kappa shape index (κ1) is 19.4. The highest BCUT2D eigenvalue weighted by Gasteiger charge is 2.16. The van der Waals surface area contributed by atoms with E-state index >= 15 is 0 Å². The maximum atomic E-state index is 11.1. The zero-order valence-electron chi connectivity index (χ0n) is 14.0. The Morgan fingerprint density at radius 3 is 2.71 bits per heavy atom. The van der Waals surface area contributed by atoms with Gasteiger partial charge in [0.05, 0.1) is 32.0 Å². The summed E-state index contributed by atoms with van der Waals surface area (Å²) < 4.78 is 10.6. The maximum absolute atomic E-state index is 11.1. The normalized spacial score (nSPS) is 11.0. The minimum absolute atomic E-state index is 0.343. The SMILES string of the molecule is C=C(CN(C=S)/C(=C\C=O)c1ccc(OC)cc1OC)N/N=C\C. The minimum atomic E-state index is 0.343. The lowest BCUT2D eigenvalue weighted by Gasteiger charge is -2.24. The number of nitrogens with one attached hydrogen (secondary N) is 1. The van der Waals surface area contributed by atoms with Crippen LogP contribution in [0.2, 0.25) is 0 Å². The highest BCUT2D eigenvalue weighted by molar-refractivity contribution is 7.78. The largest absolute Gasteiger partial charge is 0.497 e. The van der Waals surface area contributed by atoms with Gasteiger partial charge >= 0.3 is 0 Å². The van der Waals surface area contributed by atoms with Gasteiger partial charge in [0.2, 0.25) is 0 Å². The van der Waals surface area contributed by atoms with Crippen molar-refractivity contribution in [3.63, 3.8) is 0 Å². The van der Waals surface area contributed by atoms with Crippen LogP contribution in [-0.2, 0) is 4.79 Å². The quantitative estimate of drug-likeness (QED) is 0.231. The lowest BCUT2D eigenvalue weighted by molar-refractivity contribution is -0.104. The molecule has 6 nitrogen and oxygen atoms in total. The molecule has 0 unspecified atom stereocenters. The van der Waals surface area contributed by atoms with Crippen molar-refractivity contribution in [2.75, 3.05) is 20.8 Å². The third-order valence-corrected chi connectivity index (χ3v) is 3.31. The van der Waals surface area contributed by atoms with Crippen LogP contribution in [0.15, 0.2) is 41.7 Å². The van der Waals surface area contributed by atoms with Gasteiger partial charge in [-0.15, -0.1) is 0 Å². The van der Waals surface area contributed by atoms with Crippen LogP contribution in [0.3, 0.4) is 0 Å². The monoisotopic (exact) mass is 347 g/mol. The molecular formula is C17H21N3O3S. The summed E-state index contributed by atoms with van der Waals surface area (Å²) >= 11 is 5.09. The molecule has 0 bridgehead atoms. The summed E-state index contributed by atoms with van der Waals surface area (Å²) in [6, 6.07) is 5.33. The zero-order chi connectivity index (χ0) is 17.9. The van der Waals surface area contributed by atoms with Crippen molar-refractivity contribution in [2.45, 2.75) is 6.92 Å². The summed E-state index contributed by atoms with van der Waals surface area (Å²) in [5.74, 6) is 1.22. The number of benzene rings is 1. The van der Waals surface area contributed by atoms with E-state index in [9.17, 15) is 4.79 Å². The van der Waals surface area contributed by atoms with Gasteiger partial charge in [-0.25, -0.2) is 0 Å². The minimum Gasteiger partial charge on any atom is -0.497 e. The molecule has 0 fully saturated rings. The molecule has 0 aromatic heterocycles. The van der Waals surface area contributed by atoms with Crippen molar-refractivity contribution in [2.24, 2.45) is 5.10 Å². The topological polar surface area (TPSA) is 63.2 Å². The van der Waals surface area contributed by atoms with E-state index in [-0.39, 0.29) is 0 Å². The van der Waals surface area contributed by atoms with E-state index in [4.69, 9.17) is 21.7 Å². The van der Waals surface area contributed by atoms with Gasteiger partial charge < -0.3 is 14.4 Å². The average Bonchev–Trinajstić information content (AvgIpc) is 2.62. The Labute approximate surface area is 147 Å². The Morgan fingerprint density at radius 1 is 1.42 bits per heavy atom. The highest BCUT2D eigenvalue weighted by Crippen LogP contribution is 2.31. The summed E-state index contributed by atoms with van der Waals surface area (Å²) in [4.78, 5) is 12.8. The molecule has 1 aromatic carbocycles. The van der Waals surface area contributed by atoms with Crippen LogP contribution >= 0.6 is 12.2 Å². The maximum Gasteiger partial charge on any atom is 0.144 e. The second-order valence-corrected chi connectivity index (χ2v) is 4.80. The molecule has 0 amide bonds. The highest BCUT2D eigenvalue weighted by atomic mass is 32.1. The molecule has 1 N–H and O–H groups in total. The number of ether oxygens (including phenoxy) is 2. The molecule has 1 rings (SSSR count). The first-order valence-electron chi connectivity index (χ1n) is 7.12. The molecular weight excluding hydrogens is 326 g/mol. The van der Waals surface area contributed by atoms with E-state index in [2.05, 4.69) is 17.1 Å². The van der Waals surface area contributed by atoms with E-state index in [0.717, 1.165) is 0 Å². The molecule has 0 atom stereocenters. The average molecular weight is 347 g/mol. The summed E-state index contributed by atoms with van der Waals surface area (Å²) in [7, 11) is 3.12. The van der Waals surface area contributed by atoms with E-state index in [1.54, 1.807) is 50.5 Å². The van der Waals surface area contributed by atoms with Gasteiger partial charge in [-0.05, 0) is 19.1 Å². The number of thiocarbonyl (C=S) groups is 1. The molecule has 0 saturated heterocycles. The second-order valence-electron chi connectivity index (χ2n) is 4.59. The fourth-order valence-corrected chi connectivity index (χ4v) is 2.18. The number of allylic oxidation sites excluding steroid dienone is 1. The Morgan fingerprint density at radius 2 is 2.17 bits per heavy atom. The van der Waals surface area contributed by atoms with Crippen molar-refractivity contribution in [1.82, 2.24) is 10.3 Å². The van der Waals surface area contributed by atoms with Gasteiger partial charge in [-0.3, -0.25) is 10.2 Å². The third kappa shape index (κ3) is 5.20. The summed E-state index contributed by atoms with van der Waals surface area (Å²) in [6.07, 6.45) is 3.73. The number of carbonyl (C=O) groups is 1. The van der Waals surface area contributed by atoms with Crippen LogP contribution in [0.25, 0.3) is 5.70 Å². The molecule has 0 aliphatic carbocycles. The number of hydrogen-bond donors (Lipinski definition) is 1. The first-order chi connectivity index (χ1) is 11.6. The number of carbonyl (C=O) groups excluding carboxylic acids is 1. The molecule has 7 heteroatoms. The number of hydrogen-bond acceptors (Lipinski definition) is 6. The van der Waals surface area contributed by atoms with Crippen LogP contribution in [0.1, 0.15) is 12.5 Å².